The summed E-state index contributed by atoms with van der Waals surface area (Å²) in [5, 5.41) is 0. The SMILES string of the molecule is FC(F)(F)c1ccc(-c2nc(-c3nc(-c4ccc(C(F)(F)F)cc4)c4ccccn34)n3ccccc23)cc1. The summed E-state index contributed by atoms with van der Waals surface area (Å²) in [6, 6.07) is 20.3. The van der Waals surface area contributed by atoms with E-state index in [-0.39, 0.29) is 0 Å². The van der Waals surface area contributed by atoms with Gasteiger partial charge in [0.1, 0.15) is 0 Å². The minimum atomic E-state index is -4.45. The van der Waals surface area contributed by atoms with Crippen LogP contribution in [0.1, 0.15) is 11.1 Å². The fraction of sp³-hybridized carbons (Fsp3) is 0.0714. The number of halogens is 6. The first-order chi connectivity index (χ1) is 18.1. The summed E-state index contributed by atoms with van der Waals surface area (Å²) in [6.07, 6.45) is -5.37. The molecule has 0 bridgehead atoms. The van der Waals surface area contributed by atoms with Gasteiger partial charge in [0.05, 0.1) is 33.5 Å². The van der Waals surface area contributed by atoms with Crippen molar-refractivity contribution in [3.63, 3.8) is 0 Å². The predicted molar refractivity (Wildman–Crippen MR) is 130 cm³/mol. The Kier molecular flexibility index (Phi) is 5.30. The third-order valence-corrected chi connectivity index (χ3v) is 6.27. The number of pyridine rings is 2. The molecule has 2 aromatic carbocycles. The quantitative estimate of drug-likeness (QED) is 0.221. The molecule has 0 saturated carbocycles. The van der Waals surface area contributed by atoms with E-state index in [9.17, 15) is 26.3 Å². The third-order valence-electron chi connectivity index (χ3n) is 6.27. The number of alkyl halides is 6. The van der Waals surface area contributed by atoms with Crippen LogP contribution in [0.25, 0.3) is 45.2 Å². The molecule has 0 aliphatic carbocycles. The van der Waals surface area contributed by atoms with Gasteiger partial charge in [-0.25, -0.2) is 9.97 Å². The summed E-state index contributed by atoms with van der Waals surface area (Å²) < 4.78 is 82.1. The van der Waals surface area contributed by atoms with E-state index in [0.717, 1.165) is 24.3 Å². The molecule has 0 aliphatic rings. The molecule has 6 rings (SSSR count). The molecule has 0 atom stereocenters. The first-order valence-corrected chi connectivity index (χ1v) is 11.4. The Morgan fingerprint density at radius 3 is 1.18 bits per heavy atom. The van der Waals surface area contributed by atoms with Gasteiger partial charge in [-0.2, -0.15) is 26.3 Å². The second-order valence-electron chi connectivity index (χ2n) is 8.63. The van der Waals surface area contributed by atoms with Gasteiger partial charge in [-0.15, -0.1) is 0 Å². The molecule has 4 heterocycles. The van der Waals surface area contributed by atoms with Crippen molar-refractivity contribution in [2.75, 3.05) is 0 Å². The van der Waals surface area contributed by atoms with Crippen LogP contribution < -0.4 is 0 Å². The average Bonchev–Trinajstić information content (AvgIpc) is 3.47. The molecule has 0 unspecified atom stereocenters. The molecule has 0 aliphatic heterocycles. The molecular weight excluding hydrogens is 506 g/mol. The molecule has 4 nitrogen and oxygen atoms in total. The summed E-state index contributed by atoms with van der Waals surface area (Å²) in [5.41, 5.74) is 1.73. The lowest BCUT2D eigenvalue weighted by Crippen LogP contribution is -2.04. The number of rotatable bonds is 3. The van der Waals surface area contributed by atoms with E-state index in [1.54, 1.807) is 57.6 Å². The highest BCUT2D eigenvalue weighted by Gasteiger charge is 2.31. The maximum absolute atomic E-state index is 13.1. The van der Waals surface area contributed by atoms with Crippen LogP contribution in [-0.2, 0) is 12.4 Å². The van der Waals surface area contributed by atoms with Gasteiger partial charge in [-0.05, 0) is 48.5 Å². The Labute approximate surface area is 211 Å². The number of hydrogen-bond acceptors (Lipinski definition) is 2. The van der Waals surface area contributed by atoms with E-state index >= 15 is 0 Å². The molecule has 0 N–H and O–H groups in total. The van der Waals surface area contributed by atoms with Crippen molar-refractivity contribution in [3.8, 4) is 34.2 Å². The van der Waals surface area contributed by atoms with Crippen LogP contribution in [0.2, 0.25) is 0 Å². The van der Waals surface area contributed by atoms with Crippen LogP contribution in [0.3, 0.4) is 0 Å². The minimum Gasteiger partial charge on any atom is -0.297 e. The highest BCUT2D eigenvalue weighted by Crippen LogP contribution is 2.36. The van der Waals surface area contributed by atoms with E-state index in [2.05, 4.69) is 0 Å². The Morgan fingerprint density at radius 1 is 0.474 bits per heavy atom. The molecule has 0 fully saturated rings. The number of nitrogens with zero attached hydrogens (tertiary/aromatic N) is 4. The van der Waals surface area contributed by atoms with Crippen molar-refractivity contribution < 1.29 is 26.3 Å². The van der Waals surface area contributed by atoms with Gasteiger partial charge in [-0.3, -0.25) is 8.80 Å². The minimum absolute atomic E-state index is 0.426. The number of fused-ring (bicyclic) bond motifs is 2. The van der Waals surface area contributed by atoms with Crippen LogP contribution in [-0.4, -0.2) is 18.8 Å². The Hall–Kier alpha value is -4.60. The van der Waals surface area contributed by atoms with Crippen molar-refractivity contribution >= 4 is 11.0 Å². The molecular formula is C28H16F6N4. The number of benzene rings is 2. The summed E-state index contributed by atoms with van der Waals surface area (Å²) in [4.78, 5) is 9.55. The lowest BCUT2D eigenvalue weighted by molar-refractivity contribution is -0.138. The lowest BCUT2D eigenvalue weighted by Gasteiger charge is -2.06. The fourth-order valence-corrected chi connectivity index (χ4v) is 4.45. The Bertz CT molecular complexity index is 1640. The zero-order valence-corrected chi connectivity index (χ0v) is 19.3. The van der Waals surface area contributed by atoms with Gasteiger partial charge in [-0.1, -0.05) is 36.4 Å². The van der Waals surface area contributed by atoms with Crippen LogP contribution in [0.4, 0.5) is 26.3 Å². The lowest BCUT2D eigenvalue weighted by atomic mass is 10.1. The van der Waals surface area contributed by atoms with Gasteiger partial charge >= 0.3 is 12.4 Å². The zero-order chi connectivity index (χ0) is 26.7. The van der Waals surface area contributed by atoms with E-state index in [0.29, 0.717) is 45.2 Å². The van der Waals surface area contributed by atoms with Gasteiger partial charge in [0.15, 0.2) is 11.6 Å². The first-order valence-electron chi connectivity index (χ1n) is 11.4. The Balaban J connectivity index is 1.53. The summed E-state index contributed by atoms with van der Waals surface area (Å²) in [7, 11) is 0. The number of hydrogen-bond donors (Lipinski definition) is 0. The van der Waals surface area contributed by atoms with Gasteiger partial charge in [0, 0.05) is 23.5 Å². The molecule has 190 valence electrons. The summed E-state index contributed by atoms with van der Waals surface area (Å²) >= 11 is 0. The van der Waals surface area contributed by atoms with Crippen molar-refractivity contribution in [2.45, 2.75) is 12.4 Å². The predicted octanol–water partition coefficient (Wildman–Crippen LogP) is 8.02. The van der Waals surface area contributed by atoms with Gasteiger partial charge < -0.3 is 0 Å². The average molecular weight is 522 g/mol. The number of imidazole rings is 2. The summed E-state index contributed by atoms with van der Waals surface area (Å²) in [5.74, 6) is 0.852. The van der Waals surface area contributed by atoms with Crippen LogP contribution in [0, 0.1) is 0 Å². The second kappa shape index (κ2) is 8.47. The van der Waals surface area contributed by atoms with Gasteiger partial charge in [0.2, 0.25) is 0 Å². The van der Waals surface area contributed by atoms with Crippen LogP contribution in [0.5, 0.6) is 0 Å². The standard InChI is InChI=1S/C28H16F6N4/c29-27(30,31)19-11-7-17(8-12-19)23-21-5-1-3-15-37(21)25(35-23)26-36-24(22-6-2-4-16-38(22)26)18-9-13-20(14-10-18)28(32,33)34/h1-16H. The fourth-order valence-electron chi connectivity index (χ4n) is 4.45. The largest absolute Gasteiger partial charge is 0.416 e. The topological polar surface area (TPSA) is 34.6 Å². The van der Waals surface area contributed by atoms with E-state index in [4.69, 9.17) is 9.97 Å². The Morgan fingerprint density at radius 2 is 0.842 bits per heavy atom. The molecule has 38 heavy (non-hydrogen) atoms. The van der Waals surface area contributed by atoms with E-state index in [1.165, 1.54) is 24.3 Å². The van der Waals surface area contributed by atoms with Crippen LogP contribution in [0.15, 0.2) is 97.3 Å². The second-order valence-corrected chi connectivity index (χ2v) is 8.63. The van der Waals surface area contributed by atoms with Crippen molar-refractivity contribution in [1.29, 1.82) is 0 Å². The zero-order valence-electron chi connectivity index (χ0n) is 19.3. The molecule has 0 saturated heterocycles. The third kappa shape index (κ3) is 3.98. The molecule has 6 aromatic rings. The van der Waals surface area contributed by atoms with E-state index < -0.39 is 23.5 Å². The van der Waals surface area contributed by atoms with Crippen molar-refractivity contribution in [2.24, 2.45) is 0 Å². The first kappa shape index (κ1) is 23.8. The molecule has 4 aromatic heterocycles. The van der Waals surface area contributed by atoms with E-state index in [1.807, 2.05) is 0 Å². The molecule has 0 spiro atoms. The normalized spacial score (nSPS) is 12.5. The van der Waals surface area contributed by atoms with Crippen molar-refractivity contribution in [1.82, 2.24) is 18.8 Å². The highest BCUT2D eigenvalue weighted by molar-refractivity contribution is 5.84. The molecule has 0 amide bonds. The maximum atomic E-state index is 13.1. The summed E-state index contributed by atoms with van der Waals surface area (Å²) in [6.45, 7) is 0. The van der Waals surface area contributed by atoms with Crippen LogP contribution >= 0.6 is 0 Å². The molecule has 0 radical (unpaired) electrons. The smallest absolute Gasteiger partial charge is 0.297 e. The maximum Gasteiger partial charge on any atom is 0.416 e. The number of aromatic nitrogens is 4. The van der Waals surface area contributed by atoms with Crippen molar-refractivity contribution in [3.05, 3.63) is 108 Å². The van der Waals surface area contributed by atoms with Gasteiger partial charge in [0.25, 0.3) is 0 Å². The monoisotopic (exact) mass is 522 g/mol. The molecule has 10 heteroatoms. The highest BCUT2D eigenvalue weighted by atomic mass is 19.4.